The zero-order valence-electron chi connectivity index (χ0n) is 17.3. The first-order valence-electron chi connectivity index (χ1n) is 10.8. The molecule has 1 saturated carbocycles. The predicted octanol–water partition coefficient (Wildman–Crippen LogP) is 7.12. The van der Waals surface area contributed by atoms with Crippen molar-refractivity contribution in [2.75, 3.05) is 6.61 Å². The summed E-state index contributed by atoms with van der Waals surface area (Å²) >= 11 is 0. The highest BCUT2D eigenvalue weighted by molar-refractivity contribution is 5.54. The number of hydrogen-bond acceptors (Lipinski definition) is 2. The zero-order chi connectivity index (χ0) is 21.3. The fourth-order valence-corrected chi connectivity index (χ4v) is 4.62. The van der Waals surface area contributed by atoms with Crippen LogP contribution in [-0.4, -0.2) is 6.61 Å². The molecule has 30 heavy (non-hydrogen) atoms. The van der Waals surface area contributed by atoms with E-state index in [0.29, 0.717) is 48.0 Å². The second-order valence-electron chi connectivity index (χ2n) is 8.28. The van der Waals surface area contributed by atoms with Crippen LogP contribution in [0.5, 0.6) is 17.2 Å². The minimum atomic E-state index is -1.04. The molecule has 4 rings (SSSR count). The summed E-state index contributed by atoms with van der Waals surface area (Å²) in [5.74, 6) is -1.76. The molecular weight excluding hydrogens is 389 g/mol. The molecule has 0 saturated heterocycles. The Labute approximate surface area is 175 Å². The van der Waals surface area contributed by atoms with Gasteiger partial charge in [-0.3, -0.25) is 0 Å². The van der Waals surface area contributed by atoms with Gasteiger partial charge in [0.15, 0.2) is 23.1 Å². The molecular formula is C25H27F3O2. The third-order valence-electron chi connectivity index (χ3n) is 6.39. The van der Waals surface area contributed by atoms with E-state index in [4.69, 9.17) is 9.47 Å². The van der Waals surface area contributed by atoms with Crippen LogP contribution >= 0.6 is 0 Å². The van der Waals surface area contributed by atoms with E-state index >= 15 is 0 Å². The van der Waals surface area contributed by atoms with Crippen molar-refractivity contribution in [2.45, 2.75) is 51.9 Å². The molecule has 1 aliphatic heterocycles. The Morgan fingerprint density at radius 3 is 2.47 bits per heavy atom. The topological polar surface area (TPSA) is 18.5 Å². The van der Waals surface area contributed by atoms with E-state index in [1.54, 1.807) is 25.1 Å². The lowest BCUT2D eigenvalue weighted by atomic mass is 9.79. The number of hydrogen-bond donors (Lipinski definition) is 0. The van der Waals surface area contributed by atoms with Crippen molar-refractivity contribution in [3.63, 3.8) is 0 Å². The van der Waals surface area contributed by atoms with Gasteiger partial charge < -0.3 is 9.47 Å². The van der Waals surface area contributed by atoms with E-state index < -0.39 is 17.5 Å². The second kappa shape index (κ2) is 8.75. The third kappa shape index (κ3) is 3.94. The van der Waals surface area contributed by atoms with Gasteiger partial charge in [0.1, 0.15) is 0 Å². The van der Waals surface area contributed by atoms with Gasteiger partial charge in [-0.15, -0.1) is 6.58 Å². The fourth-order valence-electron chi connectivity index (χ4n) is 4.62. The standard InChI is InChI=1S/C25H27F3O2/c1-3-15-5-7-16(8-6-15)9-10-17-13-19-14-18-11-12-20(29-4-2)22(27)24(18)30-25(19)23(28)21(17)26/h3,11-13,15-16H,1,4-10,14H2,2H3. The van der Waals surface area contributed by atoms with E-state index in [9.17, 15) is 13.2 Å². The quantitative estimate of drug-likeness (QED) is 0.398. The van der Waals surface area contributed by atoms with Crippen LogP contribution in [0.4, 0.5) is 13.2 Å². The number of allylic oxidation sites excluding steroid dienone is 1. The Balaban J connectivity index is 1.53. The van der Waals surface area contributed by atoms with Crippen LogP contribution in [0.2, 0.25) is 0 Å². The summed E-state index contributed by atoms with van der Waals surface area (Å²) in [6.45, 7) is 5.91. The lowest BCUT2D eigenvalue weighted by Crippen LogP contribution is -2.14. The van der Waals surface area contributed by atoms with Gasteiger partial charge in [0.2, 0.25) is 11.6 Å². The maximum atomic E-state index is 14.8. The molecule has 2 aliphatic rings. The summed E-state index contributed by atoms with van der Waals surface area (Å²) in [5.41, 5.74) is 1.52. The number of rotatable bonds is 6. The molecule has 0 unspecified atom stereocenters. The van der Waals surface area contributed by atoms with E-state index in [2.05, 4.69) is 6.58 Å². The van der Waals surface area contributed by atoms with Gasteiger partial charge in [-0.1, -0.05) is 12.1 Å². The van der Waals surface area contributed by atoms with Crippen molar-refractivity contribution in [2.24, 2.45) is 11.8 Å². The summed E-state index contributed by atoms with van der Waals surface area (Å²) in [6.07, 6.45) is 8.08. The van der Waals surface area contributed by atoms with Gasteiger partial charge in [0.25, 0.3) is 0 Å². The van der Waals surface area contributed by atoms with Crippen molar-refractivity contribution in [1.29, 1.82) is 0 Å². The van der Waals surface area contributed by atoms with Crippen LogP contribution in [-0.2, 0) is 12.8 Å². The normalized spacial score (nSPS) is 20.1. The van der Waals surface area contributed by atoms with Gasteiger partial charge in [-0.2, -0.15) is 8.78 Å². The van der Waals surface area contributed by atoms with Gasteiger partial charge in [0.05, 0.1) is 6.61 Å². The van der Waals surface area contributed by atoms with Crippen LogP contribution in [0.3, 0.4) is 0 Å². The SMILES string of the molecule is C=CC1CCC(CCc2cc3c(c(F)c2F)Oc2c(ccc(OCC)c2F)C3)CC1. The highest BCUT2D eigenvalue weighted by Crippen LogP contribution is 2.44. The number of ether oxygens (including phenoxy) is 2. The van der Waals surface area contributed by atoms with Crippen molar-refractivity contribution in [3.05, 3.63) is 65.0 Å². The van der Waals surface area contributed by atoms with Crippen LogP contribution in [0.1, 0.15) is 55.7 Å². The molecule has 2 aromatic rings. The molecule has 160 valence electrons. The zero-order valence-corrected chi connectivity index (χ0v) is 17.3. The maximum Gasteiger partial charge on any atom is 0.207 e. The molecule has 0 atom stereocenters. The van der Waals surface area contributed by atoms with E-state index in [-0.39, 0.29) is 17.2 Å². The van der Waals surface area contributed by atoms with Crippen molar-refractivity contribution in [3.8, 4) is 17.2 Å². The first-order chi connectivity index (χ1) is 14.5. The summed E-state index contributed by atoms with van der Waals surface area (Å²) in [7, 11) is 0. The van der Waals surface area contributed by atoms with Crippen LogP contribution in [0.15, 0.2) is 30.9 Å². The van der Waals surface area contributed by atoms with Crippen molar-refractivity contribution >= 4 is 0 Å². The lowest BCUT2D eigenvalue weighted by Gasteiger charge is -2.27. The molecule has 1 fully saturated rings. The monoisotopic (exact) mass is 416 g/mol. The molecule has 0 spiro atoms. The third-order valence-corrected chi connectivity index (χ3v) is 6.39. The van der Waals surface area contributed by atoms with Gasteiger partial charge >= 0.3 is 0 Å². The van der Waals surface area contributed by atoms with E-state index in [1.165, 1.54) is 0 Å². The van der Waals surface area contributed by atoms with E-state index in [0.717, 1.165) is 32.1 Å². The highest BCUT2D eigenvalue weighted by Gasteiger charge is 2.29. The molecule has 2 nitrogen and oxygen atoms in total. The summed E-state index contributed by atoms with van der Waals surface area (Å²) in [6, 6.07) is 4.94. The number of fused-ring (bicyclic) bond motifs is 2. The summed E-state index contributed by atoms with van der Waals surface area (Å²) < 4.78 is 55.0. The van der Waals surface area contributed by atoms with Crippen LogP contribution in [0, 0.1) is 29.3 Å². The lowest BCUT2D eigenvalue weighted by molar-refractivity contribution is 0.294. The smallest absolute Gasteiger partial charge is 0.207 e. The fraction of sp³-hybridized carbons (Fsp3) is 0.440. The molecule has 1 aliphatic carbocycles. The van der Waals surface area contributed by atoms with Crippen LogP contribution in [0.25, 0.3) is 0 Å². The molecule has 0 amide bonds. The minimum absolute atomic E-state index is 0.0448. The molecule has 1 heterocycles. The second-order valence-corrected chi connectivity index (χ2v) is 8.28. The average molecular weight is 416 g/mol. The predicted molar refractivity (Wildman–Crippen MR) is 111 cm³/mol. The number of benzene rings is 2. The number of aryl methyl sites for hydroxylation is 1. The molecule has 2 aromatic carbocycles. The Morgan fingerprint density at radius 1 is 1.03 bits per heavy atom. The summed E-state index contributed by atoms with van der Waals surface area (Å²) in [4.78, 5) is 0. The molecule has 0 N–H and O–H groups in total. The Bertz CT molecular complexity index is 946. The molecule has 0 aromatic heterocycles. The first kappa shape index (κ1) is 20.8. The Morgan fingerprint density at radius 2 is 1.77 bits per heavy atom. The minimum Gasteiger partial charge on any atom is -0.491 e. The van der Waals surface area contributed by atoms with Gasteiger partial charge in [-0.05, 0) is 75.0 Å². The molecule has 0 bridgehead atoms. The van der Waals surface area contributed by atoms with Gasteiger partial charge in [-0.25, -0.2) is 4.39 Å². The van der Waals surface area contributed by atoms with Crippen molar-refractivity contribution in [1.82, 2.24) is 0 Å². The maximum absolute atomic E-state index is 14.8. The number of halogens is 3. The first-order valence-corrected chi connectivity index (χ1v) is 10.8. The Hall–Kier alpha value is -2.43. The molecule has 0 radical (unpaired) electrons. The van der Waals surface area contributed by atoms with Crippen LogP contribution < -0.4 is 9.47 Å². The highest BCUT2D eigenvalue weighted by atomic mass is 19.2. The van der Waals surface area contributed by atoms with Gasteiger partial charge in [0, 0.05) is 17.5 Å². The molecule has 5 heteroatoms. The largest absolute Gasteiger partial charge is 0.491 e. The Kier molecular flexibility index (Phi) is 6.07. The van der Waals surface area contributed by atoms with Crippen molar-refractivity contribution < 1.29 is 22.6 Å². The van der Waals surface area contributed by atoms with E-state index in [1.807, 2.05) is 6.08 Å². The summed E-state index contributed by atoms with van der Waals surface area (Å²) in [5, 5.41) is 0. The average Bonchev–Trinajstić information content (AvgIpc) is 2.77.